The van der Waals surface area contributed by atoms with Gasteiger partial charge >= 0.3 is 0 Å². The predicted molar refractivity (Wildman–Crippen MR) is 166 cm³/mol. The van der Waals surface area contributed by atoms with Crippen molar-refractivity contribution in [1.29, 1.82) is 0 Å². The van der Waals surface area contributed by atoms with Gasteiger partial charge in [-0.15, -0.1) is 12.4 Å². The SMILES string of the molecule is CCCCN1C(=O)[C@@H]([C@H](O)C2CCCCC2)NC(=O)C12CCN(C[C@H](Cc1ccccc1)c1ccccc1)CC2.Cl. The summed E-state index contributed by atoms with van der Waals surface area (Å²) in [5, 5.41) is 14.3. The lowest BCUT2D eigenvalue weighted by molar-refractivity contribution is -0.166. The fourth-order valence-electron chi connectivity index (χ4n) is 7.28. The van der Waals surface area contributed by atoms with Crippen LogP contribution in [0.15, 0.2) is 60.7 Å². The summed E-state index contributed by atoms with van der Waals surface area (Å²) in [5.41, 5.74) is 1.85. The van der Waals surface area contributed by atoms with Crippen molar-refractivity contribution >= 4 is 24.2 Å². The van der Waals surface area contributed by atoms with E-state index in [-0.39, 0.29) is 30.1 Å². The molecule has 41 heavy (non-hydrogen) atoms. The number of nitrogens with one attached hydrogen (secondary N) is 1. The fourth-order valence-corrected chi connectivity index (χ4v) is 7.28. The zero-order valence-electron chi connectivity index (χ0n) is 24.5. The number of halogens is 1. The molecule has 2 heterocycles. The molecule has 7 heteroatoms. The number of piperidine rings is 1. The zero-order chi connectivity index (χ0) is 28.0. The molecular weight excluding hydrogens is 534 g/mol. The molecule has 0 aromatic heterocycles. The van der Waals surface area contributed by atoms with Gasteiger partial charge in [0.2, 0.25) is 11.8 Å². The van der Waals surface area contributed by atoms with Gasteiger partial charge in [-0.05, 0) is 55.6 Å². The first-order valence-corrected chi connectivity index (χ1v) is 15.6. The summed E-state index contributed by atoms with van der Waals surface area (Å²) < 4.78 is 0. The lowest BCUT2D eigenvalue weighted by atomic mass is 9.77. The third kappa shape index (κ3) is 7.15. The van der Waals surface area contributed by atoms with Crippen molar-refractivity contribution in [2.24, 2.45) is 5.92 Å². The normalized spacial score (nSPS) is 23.1. The highest BCUT2D eigenvalue weighted by Gasteiger charge is 2.55. The van der Waals surface area contributed by atoms with E-state index in [1.165, 1.54) is 17.5 Å². The Morgan fingerprint density at radius 3 is 2.22 bits per heavy atom. The monoisotopic (exact) mass is 581 g/mol. The van der Waals surface area contributed by atoms with Crippen molar-refractivity contribution < 1.29 is 14.7 Å². The molecule has 2 aromatic carbocycles. The number of benzene rings is 2. The van der Waals surface area contributed by atoms with Gasteiger partial charge in [0.25, 0.3) is 0 Å². The summed E-state index contributed by atoms with van der Waals surface area (Å²) >= 11 is 0. The Labute approximate surface area is 252 Å². The van der Waals surface area contributed by atoms with Gasteiger partial charge in [-0.3, -0.25) is 9.59 Å². The van der Waals surface area contributed by atoms with Gasteiger partial charge in [-0.25, -0.2) is 0 Å². The number of rotatable bonds is 10. The maximum Gasteiger partial charge on any atom is 0.248 e. The zero-order valence-corrected chi connectivity index (χ0v) is 25.4. The average Bonchev–Trinajstić information content (AvgIpc) is 3.00. The van der Waals surface area contributed by atoms with Crippen LogP contribution in [0.2, 0.25) is 0 Å². The molecule has 0 radical (unpaired) electrons. The Hall–Kier alpha value is -2.41. The first kappa shape index (κ1) is 31.5. The Balaban J connectivity index is 0.00000387. The molecule has 6 nitrogen and oxygen atoms in total. The summed E-state index contributed by atoms with van der Waals surface area (Å²) in [6.45, 7) is 5.17. The van der Waals surface area contributed by atoms with Crippen LogP contribution < -0.4 is 5.32 Å². The molecule has 0 bridgehead atoms. The molecule has 3 atom stereocenters. The van der Waals surface area contributed by atoms with Crippen LogP contribution in [0.3, 0.4) is 0 Å². The lowest BCUT2D eigenvalue weighted by Gasteiger charge is -2.53. The van der Waals surface area contributed by atoms with E-state index in [1.54, 1.807) is 0 Å². The van der Waals surface area contributed by atoms with Crippen LogP contribution in [0.1, 0.15) is 81.8 Å². The van der Waals surface area contributed by atoms with Gasteiger partial charge in [0, 0.05) is 32.1 Å². The van der Waals surface area contributed by atoms with E-state index < -0.39 is 17.7 Å². The standard InChI is InChI=1S/C34H47N3O3.ClH/c1-2-3-21-37-32(39)30(31(38)28-17-11-6-12-18-28)35-33(40)34(37)19-22-36(23-20-34)25-29(27-15-9-5-10-16-27)24-26-13-7-4-8-14-26;/h4-5,7-10,13-16,28-31,38H,2-3,6,11-12,17-25H2,1H3,(H,35,40);1H/t29-,30+,31+;/m0./s1. The Kier molecular flexibility index (Phi) is 11.3. The molecule has 2 N–H and O–H groups in total. The van der Waals surface area contributed by atoms with E-state index in [0.717, 1.165) is 64.6 Å². The highest BCUT2D eigenvalue weighted by molar-refractivity contribution is 6.00. The topological polar surface area (TPSA) is 72.9 Å². The molecule has 2 saturated heterocycles. The highest BCUT2D eigenvalue weighted by Crippen LogP contribution is 2.37. The van der Waals surface area contributed by atoms with E-state index in [9.17, 15) is 14.7 Å². The smallest absolute Gasteiger partial charge is 0.248 e. The minimum atomic E-state index is -0.815. The van der Waals surface area contributed by atoms with Gasteiger partial charge in [0.1, 0.15) is 11.6 Å². The molecule has 3 aliphatic rings. The van der Waals surface area contributed by atoms with Crippen LogP contribution in [-0.4, -0.2) is 70.6 Å². The maximum absolute atomic E-state index is 13.9. The third-order valence-electron chi connectivity index (χ3n) is 9.73. The highest BCUT2D eigenvalue weighted by atomic mass is 35.5. The Morgan fingerprint density at radius 1 is 0.951 bits per heavy atom. The number of carbonyl (C=O) groups excluding carboxylic acids is 2. The quantitative estimate of drug-likeness (QED) is 0.397. The lowest BCUT2D eigenvalue weighted by Crippen LogP contribution is -2.75. The second kappa shape index (κ2) is 14.7. The Bertz CT molecular complexity index is 1100. The van der Waals surface area contributed by atoms with Crippen molar-refractivity contribution in [2.45, 2.75) is 94.7 Å². The average molecular weight is 582 g/mol. The van der Waals surface area contributed by atoms with E-state index in [1.807, 2.05) is 4.90 Å². The number of amides is 2. The van der Waals surface area contributed by atoms with Gasteiger partial charge < -0.3 is 20.2 Å². The molecule has 2 aliphatic heterocycles. The fraction of sp³-hybridized carbons (Fsp3) is 0.588. The molecule has 1 saturated carbocycles. The van der Waals surface area contributed by atoms with E-state index in [0.29, 0.717) is 25.3 Å². The molecule has 0 unspecified atom stereocenters. The molecule has 5 rings (SSSR count). The van der Waals surface area contributed by atoms with Crippen molar-refractivity contribution in [2.75, 3.05) is 26.2 Å². The van der Waals surface area contributed by atoms with E-state index in [2.05, 4.69) is 77.8 Å². The number of hydrogen-bond acceptors (Lipinski definition) is 4. The van der Waals surface area contributed by atoms with Crippen molar-refractivity contribution in [3.63, 3.8) is 0 Å². The maximum atomic E-state index is 13.9. The van der Waals surface area contributed by atoms with Crippen LogP contribution >= 0.6 is 12.4 Å². The molecule has 1 spiro atoms. The first-order valence-electron chi connectivity index (χ1n) is 15.6. The first-order chi connectivity index (χ1) is 19.5. The number of aliphatic hydroxyl groups excluding tert-OH is 1. The number of aliphatic hydroxyl groups is 1. The summed E-state index contributed by atoms with van der Waals surface area (Å²) in [6, 6.07) is 20.6. The minimum absolute atomic E-state index is 0. The summed E-state index contributed by atoms with van der Waals surface area (Å²) in [6.07, 6.45) is 8.48. The van der Waals surface area contributed by atoms with Gasteiger partial charge in [0.05, 0.1) is 6.10 Å². The Morgan fingerprint density at radius 2 is 1.59 bits per heavy atom. The van der Waals surface area contributed by atoms with Gasteiger partial charge in [0.15, 0.2) is 0 Å². The largest absolute Gasteiger partial charge is 0.390 e. The van der Waals surface area contributed by atoms with Crippen molar-refractivity contribution in [3.05, 3.63) is 71.8 Å². The number of nitrogens with zero attached hydrogens (tertiary/aromatic N) is 2. The second-order valence-electron chi connectivity index (χ2n) is 12.3. The molecule has 3 fully saturated rings. The van der Waals surface area contributed by atoms with Crippen LogP contribution in [0, 0.1) is 5.92 Å². The molecule has 2 amide bonds. The third-order valence-corrected chi connectivity index (χ3v) is 9.73. The summed E-state index contributed by atoms with van der Waals surface area (Å²) in [7, 11) is 0. The predicted octanol–water partition coefficient (Wildman–Crippen LogP) is 5.34. The second-order valence-corrected chi connectivity index (χ2v) is 12.3. The van der Waals surface area contributed by atoms with Crippen LogP contribution in [-0.2, 0) is 16.0 Å². The van der Waals surface area contributed by atoms with E-state index >= 15 is 0 Å². The van der Waals surface area contributed by atoms with Crippen LogP contribution in [0.5, 0.6) is 0 Å². The van der Waals surface area contributed by atoms with Crippen molar-refractivity contribution in [1.82, 2.24) is 15.1 Å². The van der Waals surface area contributed by atoms with E-state index in [4.69, 9.17) is 0 Å². The minimum Gasteiger partial charge on any atom is -0.390 e. The molecular formula is C34H48ClN3O3. The number of unbranched alkanes of at least 4 members (excludes halogenated alkanes) is 1. The van der Waals surface area contributed by atoms with Gasteiger partial charge in [-0.1, -0.05) is 93.3 Å². The molecule has 1 aliphatic carbocycles. The number of carbonyl (C=O) groups is 2. The number of piperazine rings is 1. The van der Waals surface area contributed by atoms with Crippen molar-refractivity contribution in [3.8, 4) is 0 Å². The van der Waals surface area contributed by atoms with Crippen LogP contribution in [0.25, 0.3) is 0 Å². The summed E-state index contributed by atoms with van der Waals surface area (Å²) in [5.74, 6) is 0.301. The number of hydrogen-bond donors (Lipinski definition) is 2. The number of likely N-dealkylation sites (tertiary alicyclic amines) is 1. The molecule has 2 aromatic rings. The molecule has 224 valence electrons. The van der Waals surface area contributed by atoms with Crippen LogP contribution in [0.4, 0.5) is 0 Å². The van der Waals surface area contributed by atoms with Gasteiger partial charge in [-0.2, -0.15) is 0 Å². The summed E-state index contributed by atoms with van der Waals surface area (Å²) in [4.78, 5) is 32.1.